The van der Waals surface area contributed by atoms with E-state index in [1.807, 2.05) is 6.92 Å². The molecule has 5 nitrogen and oxygen atoms in total. The van der Waals surface area contributed by atoms with Gasteiger partial charge in [0.1, 0.15) is 10.7 Å². The Morgan fingerprint density at radius 1 is 1.26 bits per heavy atom. The van der Waals surface area contributed by atoms with E-state index in [0.29, 0.717) is 11.3 Å². The van der Waals surface area contributed by atoms with Crippen molar-refractivity contribution in [2.24, 2.45) is 0 Å². The number of hydrogen-bond donors (Lipinski definition) is 2. The van der Waals surface area contributed by atoms with Crippen molar-refractivity contribution in [2.75, 3.05) is 5.73 Å². The minimum atomic E-state index is -3.66. The lowest BCUT2D eigenvalue weighted by atomic mass is 10.1. The molecule has 3 N–H and O–H groups in total. The summed E-state index contributed by atoms with van der Waals surface area (Å²) in [5.41, 5.74) is 7.57. The van der Waals surface area contributed by atoms with E-state index in [9.17, 15) is 8.42 Å². The van der Waals surface area contributed by atoms with Crippen molar-refractivity contribution in [3.63, 3.8) is 0 Å². The summed E-state index contributed by atoms with van der Waals surface area (Å²) in [4.78, 5) is 0.138. The van der Waals surface area contributed by atoms with Crippen LogP contribution in [0.5, 0.6) is 0 Å². The first-order valence-corrected chi connectivity index (χ1v) is 7.28. The average molecular weight is 280 g/mol. The van der Waals surface area contributed by atoms with Crippen LogP contribution in [0.15, 0.2) is 39.8 Å². The second kappa shape index (κ2) is 5.07. The first-order valence-electron chi connectivity index (χ1n) is 5.79. The summed E-state index contributed by atoms with van der Waals surface area (Å²) in [6.45, 7) is 3.69. The topological polar surface area (TPSA) is 85.3 Å². The van der Waals surface area contributed by atoms with Crippen LogP contribution in [0.4, 0.5) is 5.69 Å². The maximum atomic E-state index is 12.3. The van der Waals surface area contributed by atoms with Crippen molar-refractivity contribution in [3.05, 3.63) is 47.4 Å². The number of rotatable bonds is 4. The van der Waals surface area contributed by atoms with Gasteiger partial charge in [-0.15, -0.1) is 0 Å². The minimum Gasteiger partial charge on any atom is -0.468 e. The summed E-state index contributed by atoms with van der Waals surface area (Å²) in [6.07, 6.45) is 1.50. The number of sulfonamides is 1. The number of aryl methyl sites for hydroxylation is 1. The maximum Gasteiger partial charge on any atom is 0.243 e. The summed E-state index contributed by atoms with van der Waals surface area (Å²) < 4.78 is 32.2. The van der Waals surface area contributed by atoms with Crippen LogP contribution in [0.25, 0.3) is 0 Å². The summed E-state index contributed by atoms with van der Waals surface area (Å²) in [5, 5.41) is 0. The van der Waals surface area contributed by atoms with Crippen LogP contribution in [-0.2, 0) is 16.6 Å². The average Bonchev–Trinajstić information content (AvgIpc) is 2.85. The van der Waals surface area contributed by atoms with Crippen molar-refractivity contribution in [1.29, 1.82) is 0 Å². The van der Waals surface area contributed by atoms with Gasteiger partial charge in [0.25, 0.3) is 0 Å². The molecule has 0 aliphatic heterocycles. The first kappa shape index (κ1) is 13.6. The summed E-state index contributed by atoms with van der Waals surface area (Å²) in [7, 11) is -3.66. The lowest BCUT2D eigenvalue weighted by Gasteiger charge is -2.13. The minimum absolute atomic E-state index is 0.0994. The van der Waals surface area contributed by atoms with Gasteiger partial charge in [-0.25, -0.2) is 13.1 Å². The van der Waals surface area contributed by atoms with E-state index >= 15 is 0 Å². The molecule has 0 aliphatic rings. The second-order valence-corrected chi connectivity index (χ2v) is 6.03. The Kier molecular flexibility index (Phi) is 3.64. The van der Waals surface area contributed by atoms with Gasteiger partial charge in [-0.2, -0.15) is 0 Å². The molecule has 1 aromatic carbocycles. The smallest absolute Gasteiger partial charge is 0.243 e. The predicted octanol–water partition coefficient (Wildman–Crippen LogP) is 1.96. The third-order valence-electron chi connectivity index (χ3n) is 2.99. The third-order valence-corrected chi connectivity index (χ3v) is 4.60. The van der Waals surface area contributed by atoms with Crippen LogP contribution in [0.1, 0.15) is 16.9 Å². The quantitative estimate of drug-likeness (QED) is 0.838. The molecule has 1 heterocycles. The Morgan fingerprint density at radius 2 is 2.00 bits per heavy atom. The molecule has 6 heteroatoms. The van der Waals surface area contributed by atoms with E-state index < -0.39 is 10.0 Å². The molecule has 0 saturated carbocycles. The van der Waals surface area contributed by atoms with Crippen molar-refractivity contribution < 1.29 is 12.8 Å². The number of nitrogens with two attached hydrogens (primary N) is 1. The van der Waals surface area contributed by atoms with Gasteiger partial charge in [-0.05, 0) is 43.2 Å². The largest absolute Gasteiger partial charge is 0.468 e. The van der Waals surface area contributed by atoms with E-state index in [2.05, 4.69) is 4.72 Å². The van der Waals surface area contributed by atoms with Gasteiger partial charge < -0.3 is 10.2 Å². The Morgan fingerprint density at radius 3 is 2.63 bits per heavy atom. The number of anilines is 1. The first-order chi connectivity index (χ1) is 8.92. The van der Waals surface area contributed by atoms with E-state index in [-0.39, 0.29) is 17.1 Å². The van der Waals surface area contributed by atoms with Crippen LogP contribution in [0, 0.1) is 13.8 Å². The molecule has 102 valence electrons. The molecule has 0 spiro atoms. The van der Waals surface area contributed by atoms with Crippen molar-refractivity contribution in [1.82, 2.24) is 4.72 Å². The molecule has 0 amide bonds. The van der Waals surface area contributed by atoms with Crippen molar-refractivity contribution in [2.45, 2.75) is 25.3 Å². The predicted molar refractivity (Wildman–Crippen MR) is 73.1 cm³/mol. The molecule has 0 saturated heterocycles. The van der Waals surface area contributed by atoms with Gasteiger partial charge in [0.15, 0.2) is 0 Å². The molecule has 2 rings (SSSR count). The number of hydrogen-bond acceptors (Lipinski definition) is 4. The van der Waals surface area contributed by atoms with Gasteiger partial charge in [0, 0.05) is 0 Å². The number of benzene rings is 1. The molecule has 0 unspecified atom stereocenters. The Bertz CT molecular complexity index is 676. The van der Waals surface area contributed by atoms with E-state index in [0.717, 1.165) is 5.56 Å². The fourth-order valence-corrected chi connectivity index (χ4v) is 3.24. The Balaban J connectivity index is 2.32. The van der Waals surface area contributed by atoms with Gasteiger partial charge >= 0.3 is 0 Å². The molecular formula is C13H16N2O3S. The lowest BCUT2D eigenvalue weighted by Crippen LogP contribution is -2.25. The second-order valence-electron chi connectivity index (χ2n) is 4.33. The van der Waals surface area contributed by atoms with Crippen LogP contribution in [0.3, 0.4) is 0 Å². The lowest BCUT2D eigenvalue weighted by molar-refractivity contribution is 0.498. The van der Waals surface area contributed by atoms with Crippen molar-refractivity contribution >= 4 is 15.7 Å². The van der Waals surface area contributed by atoms with Gasteiger partial charge in [0.05, 0.1) is 18.5 Å². The monoisotopic (exact) mass is 280 g/mol. The molecule has 0 radical (unpaired) electrons. The van der Waals surface area contributed by atoms with E-state index in [1.54, 1.807) is 31.2 Å². The van der Waals surface area contributed by atoms with Gasteiger partial charge in [0.2, 0.25) is 10.0 Å². The number of nitrogen functional groups attached to an aromatic ring is 1. The molecule has 0 fully saturated rings. The van der Waals surface area contributed by atoms with Crippen LogP contribution in [-0.4, -0.2) is 8.42 Å². The number of nitrogens with one attached hydrogen (secondary N) is 1. The summed E-state index contributed by atoms with van der Waals surface area (Å²) in [6, 6.07) is 6.81. The zero-order valence-corrected chi connectivity index (χ0v) is 11.6. The maximum absolute atomic E-state index is 12.3. The fraction of sp³-hybridized carbons (Fsp3) is 0.231. The molecule has 1 aromatic heterocycles. The summed E-state index contributed by atoms with van der Waals surface area (Å²) >= 11 is 0. The zero-order valence-electron chi connectivity index (χ0n) is 10.8. The highest BCUT2D eigenvalue weighted by molar-refractivity contribution is 7.89. The molecule has 0 aliphatic carbocycles. The molecule has 0 bridgehead atoms. The SMILES string of the molecule is Cc1ccc(N)c(S(=O)(=O)NCc2ccco2)c1C. The van der Waals surface area contributed by atoms with E-state index in [1.165, 1.54) is 6.26 Å². The molecule has 0 atom stereocenters. The van der Waals surface area contributed by atoms with Crippen LogP contribution < -0.4 is 10.5 Å². The highest BCUT2D eigenvalue weighted by atomic mass is 32.2. The van der Waals surface area contributed by atoms with Crippen molar-refractivity contribution in [3.8, 4) is 0 Å². The third kappa shape index (κ3) is 2.80. The number of furan rings is 1. The van der Waals surface area contributed by atoms with Crippen LogP contribution >= 0.6 is 0 Å². The Labute approximate surface area is 112 Å². The van der Waals surface area contributed by atoms with Gasteiger partial charge in [-0.3, -0.25) is 0 Å². The fourth-order valence-electron chi connectivity index (χ4n) is 1.82. The zero-order chi connectivity index (χ0) is 14.0. The van der Waals surface area contributed by atoms with E-state index in [4.69, 9.17) is 10.2 Å². The van der Waals surface area contributed by atoms with Crippen LogP contribution in [0.2, 0.25) is 0 Å². The highest BCUT2D eigenvalue weighted by Gasteiger charge is 2.21. The Hall–Kier alpha value is -1.79. The molecule has 2 aromatic rings. The highest BCUT2D eigenvalue weighted by Crippen LogP contribution is 2.25. The standard InChI is InChI=1S/C13H16N2O3S/c1-9-5-6-12(14)13(10(9)2)19(16,17)15-8-11-4-3-7-18-11/h3-7,15H,8,14H2,1-2H3. The normalized spacial score (nSPS) is 11.7. The molecule has 19 heavy (non-hydrogen) atoms. The molecular weight excluding hydrogens is 264 g/mol. The summed E-state index contributed by atoms with van der Waals surface area (Å²) in [5.74, 6) is 0.549. The van der Waals surface area contributed by atoms with Gasteiger partial charge in [-0.1, -0.05) is 6.07 Å².